The summed E-state index contributed by atoms with van der Waals surface area (Å²) in [6.07, 6.45) is 0. The number of rotatable bonds is 9. The van der Waals surface area contributed by atoms with E-state index in [1.54, 1.807) is 0 Å². The van der Waals surface area contributed by atoms with Crippen LogP contribution in [0, 0.1) is 20.8 Å². The van der Waals surface area contributed by atoms with E-state index in [1.807, 2.05) is 121 Å². The highest BCUT2D eigenvalue weighted by Gasteiger charge is 2.27. The summed E-state index contributed by atoms with van der Waals surface area (Å²) < 4.78 is 9.41. The Morgan fingerprint density at radius 1 is 0.400 bits per heavy atom. The first-order valence-electron chi connectivity index (χ1n) is 25.6. The van der Waals surface area contributed by atoms with Gasteiger partial charge < -0.3 is 9.30 Å². The van der Waals surface area contributed by atoms with Gasteiger partial charge in [0.25, 0.3) is 0 Å². The minimum Gasteiger partial charge on any atom is -0.458 e. The fraction of sp³-hybridized carbons (Fsp3) is 0.0909. The average Bonchev–Trinajstić information content (AvgIpc) is 3.84. The SMILES string of the molecule is Cc1cc(C)c(-c2ccc3c(c2)Bc2c(cc(C(C)C)cc2-n2c4ccc(-c5nc(-c6ccccc6)nc(-c6ccccc6)n5)cc4c4cc(-c5nc(-c6ccccc6)nc(-c6ccccc6)n5)ccc42)O3)c(C)c1. The van der Waals surface area contributed by atoms with Crippen LogP contribution >= 0.6 is 0 Å². The summed E-state index contributed by atoms with van der Waals surface area (Å²) in [4.78, 5) is 30.7. The first kappa shape index (κ1) is 45.5. The number of aryl methyl sites for hydroxylation is 3. The van der Waals surface area contributed by atoms with Crippen LogP contribution in [-0.2, 0) is 0 Å². The minimum atomic E-state index is 0.239. The van der Waals surface area contributed by atoms with Crippen molar-refractivity contribution < 1.29 is 4.74 Å². The molecule has 3 aromatic heterocycles. The van der Waals surface area contributed by atoms with E-state index in [0.29, 0.717) is 42.2 Å². The van der Waals surface area contributed by atoms with Gasteiger partial charge in [0.05, 0.1) is 11.0 Å². The van der Waals surface area contributed by atoms with E-state index in [-0.39, 0.29) is 5.92 Å². The summed E-state index contributed by atoms with van der Waals surface area (Å²) >= 11 is 0. The molecule has 12 aromatic rings. The molecule has 0 amide bonds. The maximum Gasteiger partial charge on any atom is 0.204 e. The molecule has 0 atom stereocenters. The van der Waals surface area contributed by atoms with Crippen molar-refractivity contribution in [2.24, 2.45) is 0 Å². The van der Waals surface area contributed by atoms with E-state index in [9.17, 15) is 0 Å². The molecule has 1 aliphatic rings. The predicted octanol–water partition coefficient (Wildman–Crippen LogP) is 14.4. The van der Waals surface area contributed by atoms with Crippen molar-refractivity contribution in [1.82, 2.24) is 34.5 Å². The molecule has 1 aliphatic heterocycles. The Labute approximate surface area is 436 Å². The fourth-order valence-corrected chi connectivity index (χ4v) is 10.8. The van der Waals surface area contributed by atoms with Crippen molar-refractivity contribution in [3.63, 3.8) is 0 Å². The molecule has 13 rings (SSSR count). The second kappa shape index (κ2) is 18.6. The Bertz CT molecular complexity index is 3860. The Morgan fingerprint density at radius 3 is 1.24 bits per heavy atom. The van der Waals surface area contributed by atoms with Gasteiger partial charge in [0.15, 0.2) is 34.9 Å². The van der Waals surface area contributed by atoms with Gasteiger partial charge in [-0.3, -0.25) is 0 Å². The lowest BCUT2D eigenvalue weighted by molar-refractivity contribution is 0.486. The topological polar surface area (TPSA) is 91.5 Å². The highest BCUT2D eigenvalue weighted by Crippen LogP contribution is 2.40. The van der Waals surface area contributed by atoms with Crippen LogP contribution in [0.1, 0.15) is 42.0 Å². The molecule has 0 spiro atoms. The maximum atomic E-state index is 6.99. The lowest BCUT2D eigenvalue weighted by Gasteiger charge is -2.26. The van der Waals surface area contributed by atoms with Crippen molar-refractivity contribution in [2.75, 3.05) is 0 Å². The summed E-state index contributed by atoms with van der Waals surface area (Å²) in [6.45, 7) is 11.1. The second-order valence-electron chi connectivity index (χ2n) is 19.9. The molecule has 358 valence electrons. The van der Waals surface area contributed by atoms with Crippen LogP contribution < -0.4 is 15.7 Å². The molecule has 4 heterocycles. The van der Waals surface area contributed by atoms with Gasteiger partial charge in [-0.2, -0.15) is 0 Å². The molecular formula is C66H50BN7O. The number of hydrogen-bond acceptors (Lipinski definition) is 7. The van der Waals surface area contributed by atoms with Gasteiger partial charge in [-0.1, -0.05) is 165 Å². The normalized spacial score (nSPS) is 11.9. The first-order chi connectivity index (χ1) is 36.7. The van der Waals surface area contributed by atoms with Crippen molar-refractivity contribution in [1.29, 1.82) is 0 Å². The van der Waals surface area contributed by atoms with Crippen LogP contribution in [0.25, 0.3) is 107 Å². The van der Waals surface area contributed by atoms with Crippen LogP contribution in [0.15, 0.2) is 200 Å². The molecule has 0 N–H and O–H groups in total. The fourth-order valence-electron chi connectivity index (χ4n) is 10.8. The lowest BCUT2D eigenvalue weighted by Crippen LogP contribution is -2.36. The number of hydrogen-bond donors (Lipinski definition) is 0. The Morgan fingerprint density at radius 2 is 0.813 bits per heavy atom. The maximum absolute atomic E-state index is 6.99. The Kier molecular flexibility index (Phi) is 11.3. The molecule has 0 aliphatic carbocycles. The summed E-state index contributed by atoms with van der Waals surface area (Å²) in [7, 11) is 0.693. The van der Waals surface area contributed by atoms with E-state index < -0.39 is 0 Å². The monoisotopic (exact) mass is 967 g/mol. The molecule has 0 unspecified atom stereocenters. The minimum absolute atomic E-state index is 0.239. The van der Waals surface area contributed by atoms with E-state index in [2.05, 4.69) is 118 Å². The zero-order chi connectivity index (χ0) is 50.7. The third kappa shape index (κ3) is 8.42. The van der Waals surface area contributed by atoms with Crippen LogP contribution in [0.2, 0.25) is 0 Å². The second-order valence-corrected chi connectivity index (χ2v) is 19.9. The highest BCUT2D eigenvalue weighted by atomic mass is 16.5. The van der Waals surface area contributed by atoms with Crippen molar-refractivity contribution in [3.05, 3.63) is 222 Å². The molecule has 0 saturated heterocycles. The van der Waals surface area contributed by atoms with Crippen molar-refractivity contribution in [2.45, 2.75) is 40.5 Å². The van der Waals surface area contributed by atoms with E-state index in [4.69, 9.17) is 34.6 Å². The molecule has 0 radical (unpaired) electrons. The van der Waals surface area contributed by atoms with Gasteiger partial charge in [0, 0.05) is 49.8 Å². The third-order valence-electron chi connectivity index (χ3n) is 14.4. The molecule has 0 bridgehead atoms. The predicted molar refractivity (Wildman–Crippen MR) is 307 cm³/mol. The molecule has 9 aromatic carbocycles. The van der Waals surface area contributed by atoms with Crippen LogP contribution in [0.5, 0.6) is 11.5 Å². The van der Waals surface area contributed by atoms with Gasteiger partial charge in [0.2, 0.25) is 7.28 Å². The Balaban J connectivity index is 1.04. The van der Waals surface area contributed by atoms with E-state index in [0.717, 1.165) is 83.3 Å². The van der Waals surface area contributed by atoms with Crippen molar-refractivity contribution >= 4 is 40.0 Å². The Hall–Kier alpha value is -9.34. The number of ether oxygens (including phenoxy) is 1. The quantitative estimate of drug-likeness (QED) is 0.133. The largest absolute Gasteiger partial charge is 0.458 e. The standard InChI is InChI=1S/C66H50BN7O/c1-39(2)50-37-56(60-58(38-50)75-57-31-28-47(36-53(57)67-60)59-41(4)32-40(3)33-42(59)5)74-54-29-26-48(65-70-61(43-18-10-6-11-19-43)68-62(71-65)44-20-12-7-13-21-44)34-51(54)52-35-49(27-30-55(52)74)66-72-63(45-22-14-8-15-23-45)69-64(73-66)46-24-16-9-17-25-46/h6-39,67H,1-5H3. The van der Waals surface area contributed by atoms with Gasteiger partial charge in [-0.15, -0.1) is 0 Å². The average molecular weight is 968 g/mol. The van der Waals surface area contributed by atoms with Crippen LogP contribution in [0.4, 0.5) is 0 Å². The zero-order valence-corrected chi connectivity index (χ0v) is 42.4. The smallest absolute Gasteiger partial charge is 0.204 e. The molecule has 0 fully saturated rings. The zero-order valence-electron chi connectivity index (χ0n) is 42.4. The van der Waals surface area contributed by atoms with Gasteiger partial charge >= 0.3 is 0 Å². The van der Waals surface area contributed by atoms with E-state index in [1.165, 1.54) is 33.4 Å². The van der Waals surface area contributed by atoms with Gasteiger partial charge in [-0.05, 0) is 120 Å². The number of fused-ring (bicyclic) bond motifs is 5. The molecule has 0 saturated carbocycles. The number of nitrogens with zero attached hydrogens (tertiary/aromatic N) is 7. The van der Waals surface area contributed by atoms with Crippen LogP contribution in [-0.4, -0.2) is 41.8 Å². The lowest BCUT2D eigenvalue weighted by atomic mass is 9.60. The molecule has 8 nitrogen and oxygen atoms in total. The summed E-state index contributed by atoms with van der Waals surface area (Å²) in [5, 5.41) is 2.06. The summed E-state index contributed by atoms with van der Waals surface area (Å²) in [5.74, 6) is 5.60. The van der Waals surface area contributed by atoms with Gasteiger partial charge in [0.1, 0.15) is 11.5 Å². The third-order valence-corrected chi connectivity index (χ3v) is 14.4. The first-order valence-corrected chi connectivity index (χ1v) is 25.6. The number of aromatic nitrogens is 7. The summed E-state index contributed by atoms with van der Waals surface area (Å²) in [6, 6.07) is 69.5. The van der Waals surface area contributed by atoms with Gasteiger partial charge in [-0.25, -0.2) is 29.9 Å². The molecular weight excluding hydrogens is 918 g/mol. The van der Waals surface area contributed by atoms with Crippen molar-refractivity contribution in [3.8, 4) is 96.6 Å². The number of benzene rings is 9. The highest BCUT2D eigenvalue weighted by molar-refractivity contribution is 6.71. The van der Waals surface area contributed by atoms with E-state index >= 15 is 0 Å². The van der Waals surface area contributed by atoms with Crippen LogP contribution in [0.3, 0.4) is 0 Å². The molecule has 9 heteroatoms. The summed E-state index contributed by atoms with van der Waals surface area (Å²) in [5.41, 5.74) is 18.3. The molecule has 75 heavy (non-hydrogen) atoms.